The maximum atomic E-state index is 13.5. The summed E-state index contributed by atoms with van der Waals surface area (Å²) in [6, 6.07) is 7.69. The van der Waals surface area contributed by atoms with Gasteiger partial charge in [0.15, 0.2) is 0 Å². The Kier molecular flexibility index (Phi) is 10.6. The van der Waals surface area contributed by atoms with Gasteiger partial charge in [0.25, 0.3) is 5.91 Å². The number of morpholine rings is 1. The van der Waals surface area contributed by atoms with Crippen LogP contribution in [0.5, 0.6) is 0 Å². The van der Waals surface area contributed by atoms with Crippen molar-refractivity contribution in [2.45, 2.75) is 44.1 Å². The number of alkyl halides is 6. The molecule has 0 saturated carbocycles. The first-order valence-electron chi connectivity index (χ1n) is 14.4. The van der Waals surface area contributed by atoms with Gasteiger partial charge in [-0.3, -0.25) is 14.5 Å². The van der Waals surface area contributed by atoms with E-state index in [-0.39, 0.29) is 31.2 Å². The first-order valence-corrected chi connectivity index (χ1v) is 14.4. The predicted octanol–water partition coefficient (Wildman–Crippen LogP) is 5.52. The average Bonchev–Trinajstić information content (AvgIpc) is 3.31. The Morgan fingerprint density at radius 1 is 1.00 bits per heavy atom. The van der Waals surface area contributed by atoms with Gasteiger partial charge >= 0.3 is 12.4 Å². The minimum absolute atomic E-state index is 0.00618. The molecule has 1 aromatic heterocycles. The normalized spacial score (nSPS) is 15.4. The van der Waals surface area contributed by atoms with Gasteiger partial charge in [-0.1, -0.05) is 18.2 Å². The van der Waals surface area contributed by atoms with Gasteiger partial charge in [0.2, 0.25) is 5.91 Å². The number of ether oxygens (including phenoxy) is 1. The molecular weight excluding hydrogens is 590 g/mol. The minimum Gasteiger partial charge on any atom is -0.379 e. The Bertz CT molecular complexity index is 1410. The molecular formula is C31H36F6N4O3. The number of aromatic nitrogens is 1. The molecule has 0 radical (unpaired) electrons. The number of rotatable bonds is 11. The van der Waals surface area contributed by atoms with Crippen LogP contribution in [0.15, 0.2) is 48.7 Å². The summed E-state index contributed by atoms with van der Waals surface area (Å²) in [5, 5.41) is 3.76. The van der Waals surface area contributed by atoms with E-state index in [9.17, 15) is 35.9 Å². The SMILES string of the molecule is CN(C(=O)c1cc(C(F)(F)F)cc(C(F)(F)F)c1)C(CCC(=O)NCCCN1CCOCC1)Cc1cn(C)c2ccccc12. The number of aryl methyl sites for hydroxylation is 1. The molecule has 1 N–H and O–H groups in total. The van der Waals surface area contributed by atoms with Crippen LogP contribution >= 0.6 is 0 Å². The Morgan fingerprint density at radius 3 is 2.27 bits per heavy atom. The van der Waals surface area contributed by atoms with Crippen molar-refractivity contribution in [3.05, 3.63) is 70.9 Å². The third-order valence-electron chi connectivity index (χ3n) is 7.92. The molecule has 1 aliphatic rings. The van der Waals surface area contributed by atoms with E-state index in [2.05, 4.69) is 10.2 Å². The lowest BCUT2D eigenvalue weighted by atomic mass is 9.98. The number of likely N-dealkylation sites (N-methyl/N-ethyl adjacent to an activating group) is 1. The van der Waals surface area contributed by atoms with Crippen LogP contribution in [-0.2, 0) is 35.4 Å². The predicted molar refractivity (Wildman–Crippen MR) is 153 cm³/mol. The summed E-state index contributed by atoms with van der Waals surface area (Å²) in [5.41, 5.74) is -2.11. The smallest absolute Gasteiger partial charge is 0.379 e. The fourth-order valence-electron chi connectivity index (χ4n) is 5.46. The van der Waals surface area contributed by atoms with Crippen molar-refractivity contribution >= 4 is 22.7 Å². The summed E-state index contributed by atoms with van der Waals surface area (Å²) < 4.78 is 88.2. The van der Waals surface area contributed by atoms with Gasteiger partial charge in [-0.15, -0.1) is 0 Å². The molecule has 1 fully saturated rings. The summed E-state index contributed by atoms with van der Waals surface area (Å²) >= 11 is 0. The second kappa shape index (κ2) is 14.0. The number of benzene rings is 2. The number of para-hydroxylation sites is 1. The molecule has 4 rings (SSSR count). The number of halogens is 6. The van der Waals surface area contributed by atoms with Crippen molar-refractivity contribution in [1.29, 1.82) is 0 Å². The van der Waals surface area contributed by atoms with Crippen LogP contribution in [0.3, 0.4) is 0 Å². The van der Waals surface area contributed by atoms with Crippen LogP contribution in [0.1, 0.15) is 46.3 Å². The molecule has 240 valence electrons. The summed E-state index contributed by atoms with van der Waals surface area (Å²) in [6.45, 7) is 4.27. The van der Waals surface area contributed by atoms with Gasteiger partial charge in [0.1, 0.15) is 0 Å². The van der Waals surface area contributed by atoms with E-state index in [0.29, 0.717) is 31.9 Å². The Hall–Kier alpha value is -3.58. The standard InChI is InChI=1S/C31H36F6N4O3/c1-39-20-22(26-6-3-4-7-27(26)39)18-25(8-9-28(42)38-10-5-11-41-12-14-44-15-13-41)40(2)29(43)21-16-23(30(32,33)34)19-24(17-21)31(35,36)37/h3-4,6-7,16-17,19-20,25H,5,8-15,18H2,1-2H3,(H,38,42). The molecule has 2 amide bonds. The molecule has 7 nitrogen and oxygen atoms in total. The minimum atomic E-state index is -5.09. The highest BCUT2D eigenvalue weighted by Crippen LogP contribution is 2.37. The summed E-state index contributed by atoms with van der Waals surface area (Å²) in [6.07, 6.45) is -7.17. The molecule has 3 aromatic rings. The highest BCUT2D eigenvalue weighted by molar-refractivity contribution is 5.95. The summed E-state index contributed by atoms with van der Waals surface area (Å²) in [5.74, 6) is -1.26. The van der Waals surface area contributed by atoms with Gasteiger partial charge in [-0.25, -0.2) is 0 Å². The van der Waals surface area contributed by atoms with Gasteiger partial charge in [-0.2, -0.15) is 26.3 Å². The van der Waals surface area contributed by atoms with E-state index in [4.69, 9.17) is 4.74 Å². The maximum absolute atomic E-state index is 13.5. The molecule has 2 aromatic carbocycles. The first-order chi connectivity index (χ1) is 20.7. The summed E-state index contributed by atoms with van der Waals surface area (Å²) in [7, 11) is 3.19. The zero-order valence-corrected chi connectivity index (χ0v) is 24.6. The van der Waals surface area contributed by atoms with Crippen LogP contribution in [0.25, 0.3) is 10.9 Å². The van der Waals surface area contributed by atoms with Crippen LogP contribution < -0.4 is 5.32 Å². The lowest BCUT2D eigenvalue weighted by Gasteiger charge is -2.29. The second-order valence-electron chi connectivity index (χ2n) is 11.0. The summed E-state index contributed by atoms with van der Waals surface area (Å²) in [4.78, 5) is 29.6. The third kappa shape index (κ3) is 8.53. The number of nitrogens with zero attached hydrogens (tertiary/aromatic N) is 3. The third-order valence-corrected chi connectivity index (χ3v) is 7.92. The lowest BCUT2D eigenvalue weighted by molar-refractivity contribution is -0.143. The number of fused-ring (bicyclic) bond motifs is 1. The van der Waals surface area contributed by atoms with Crippen LogP contribution in [-0.4, -0.2) is 78.7 Å². The number of amides is 2. The van der Waals surface area contributed by atoms with E-state index in [1.54, 1.807) is 0 Å². The fourth-order valence-corrected chi connectivity index (χ4v) is 5.46. The van der Waals surface area contributed by atoms with E-state index in [1.165, 1.54) is 7.05 Å². The first kappa shape index (κ1) is 33.3. The van der Waals surface area contributed by atoms with E-state index in [1.807, 2.05) is 42.1 Å². The van der Waals surface area contributed by atoms with Crippen molar-refractivity contribution < 1.29 is 40.7 Å². The van der Waals surface area contributed by atoms with Gasteiger partial charge in [0.05, 0.1) is 24.3 Å². The van der Waals surface area contributed by atoms with Crippen LogP contribution in [0, 0.1) is 0 Å². The van der Waals surface area contributed by atoms with Crippen molar-refractivity contribution in [2.24, 2.45) is 7.05 Å². The van der Waals surface area contributed by atoms with E-state index >= 15 is 0 Å². The molecule has 1 saturated heterocycles. The highest BCUT2D eigenvalue weighted by Gasteiger charge is 2.38. The van der Waals surface area contributed by atoms with Gasteiger partial charge in [-0.05, 0) is 55.6 Å². The zero-order valence-electron chi connectivity index (χ0n) is 24.6. The number of carbonyl (C=O) groups is 2. The topological polar surface area (TPSA) is 66.8 Å². The largest absolute Gasteiger partial charge is 0.416 e. The fraction of sp³-hybridized carbons (Fsp3) is 0.484. The molecule has 0 aliphatic carbocycles. The molecule has 13 heteroatoms. The highest BCUT2D eigenvalue weighted by atomic mass is 19.4. The van der Waals surface area contributed by atoms with Gasteiger partial charge < -0.3 is 19.5 Å². The van der Waals surface area contributed by atoms with Crippen LogP contribution in [0.4, 0.5) is 26.3 Å². The van der Waals surface area contributed by atoms with Crippen molar-refractivity contribution in [3.63, 3.8) is 0 Å². The molecule has 1 aliphatic heterocycles. The Labute approximate surface area is 251 Å². The molecule has 44 heavy (non-hydrogen) atoms. The maximum Gasteiger partial charge on any atom is 0.416 e. The van der Waals surface area contributed by atoms with Crippen molar-refractivity contribution in [2.75, 3.05) is 46.4 Å². The van der Waals surface area contributed by atoms with E-state index in [0.717, 1.165) is 47.4 Å². The molecule has 2 heterocycles. The second-order valence-corrected chi connectivity index (χ2v) is 11.0. The quantitative estimate of drug-likeness (QED) is 0.225. The number of hydrogen-bond acceptors (Lipinski definition) is 4. The number of nitrogens with one attached hydrogen (secondary N) is 1. The molecule has 1 unspecified atom stereocenters. The van der Waals surface area contributed by atoms with Crippen molar-refractivity contribution in [3.8, 4) is 0 Å². The Balaban J connectivity index is 1.52. The van der Waals surface area contributed by atoms with Crippen molar-refractivity contribution in [1.82, 2.24) is 19.7 Å². The number of hydrogen-bond donors (Lipinski definition) is 1. The number of carbonyl (C=O) groups excluding carboxylic acids is 2. The Morgan fingerprint density at radius 2 is 1.64 bits per heavy atom. The molecule has 0 spiro atoms. The zero-order chi connectivity index (χ0) is 32.1. The van der Waals surface area contributed by atoms with Gasteiger partial charge in [0, 0.05) is 68.9 Å². The average molecular weight is 627 g/mol. The molecule has 0 bridgehead atoms. The lowest BCUT2D eigenvalue weighted by Crippen LogP contribution is -2.40. The molecule has 1 atom stereocenters. The monoisotopic (exact) mass is 626 g/mol. The van der Waals surface area contributed by atoms with Crippen LogP contribution in [0.2, 0.25) is 0 Å². The van der Waals surface area contributed by atoms with E-state index < -0.39 is 41.0 Å².